The van der Waals surface area contributed by atoms with E-state index in [0.29, 0.717) is 12.5 Å². The Morgan fingerprint density at radius 2 is 2.25 bits per heavy atom. The predicted octanol–water partition coefficient (Wildman–Crippen LogP) is 3.00. The number of pyridine rings is 1. The fraction of sp³-hybridized carbons (Fsp3) is 0.455. The Bertz CT molecular complexity index is 368. The van der Waals surface area contributed by atoms with E-state index in [1.165, 1.54) is 6.07 Å². The largest absolute Gasteiger partial charge is 0.478 e. The second-order valence-electron chi connectivity index (χ2n) is 3.34. The first kappa shape index (κ1) is 12.8. The van der Waals surface area contributed by atoms with Gasteiger partial charge in [0, 0.05) is 6.07 Å². The van der Waals surface area contributed by atoms with Crippen LogP contribution in [-0.4, -0.2) is 22.7 Å². The van der Waals surface area contributed by atoms with Gasteiger partial charge < -0.3 is 9.84 Å². The van der Waals surface area contributed by atoms with Gasteiger partial charge in [-0.25, -0.2) is 9.78 Å². The van der Waals surface area contributed by atoms with Crippen LogP contribution in [0.3, 0.4) is 0 Å². The van der Waals surface area contributed by atoms with Crippen molar-refractivity contribution in [3.05, 3.63) is 22.8 Å². The van der Waals surface area contributed by atoms with Crippen LogP contribution in [-0.2, 0) is 0 Å². The number of unbranched alkanes of at least 4 members (excludes halogenated alkanes) is 2. The predicted molar refractivity (Wildman–Crippen MR) is 61.2 cm³/mol. The van der Waals surface area contributed by atoms with E-state index in [1.807, 2.05) is 0 Å². The van der Waals surface area contributed by atoms with Crippen LogP contribution in [0.5, 0.6) is 5.88 Å². The molecule has 0 amide bonds. The highest BCUT2D eigenvalue weighted by atomic mass is 35.5. The number of rotatable bonds is 6. The lowest BCUT2D eigenvalue weighted by atomic mass is 10.3. The molecule has 0 radical (unpaired) electrons. The van der Waals surface area contributed by atoms with Gasteiger partial charge in [-0.1, -0.05) is 31.4 Å². The molecule has 1 heterocycles. The molecule has 0 aromatic carbocycles. The molecule has 5 heteroatoms. The zero-order valence-corrected chi connectivity index (χ0v) is 9.83. The Hall–Kier alpha value is -1.29. The van der Waals surface area contributed by atoms with Crippen LogP contribution in [0.15, 0.2) is 12.1 Å². The lowest BCUT2D eigenvalue weighted by Gasteiger charge is -2.05. The highest BCUT2D eigenvalue weighted by Gasteiger charge is 2.11. The molecule has 16 heavy (non-hydrogen) atoms. The zero-order chi connectivity index (χ0) is 12.0. The van der Waals surface area contributed by atoms with Crippen molar-refractivity contribution in [3.8, 4) is 5.88 Å². The summed E-state index contributed by atoms with van der Waals surface area (Å²) in [7, 11) is 0. The van der Waals surface area contributed by atoms with Crippen LogP contribution in [0, 0.1) is 0 Å². The van der Waals surface area contributed by atoms with E-state index in [4.69, 9.17) is 21.4 Å². The topological polar surface area (TPSA) is 59.4 Å². The van der Waals surface area contributed by atoms with Gasteiger partial charge in [-0.3, -0.25) is 0 Å². The lowest BCUT2D eigenvalue weighted by Crippen LogP contribution is -2.05. The van der Waals surface area contributed by atoms with Gasteiger partial charge in [0.15, 0.2) is 5.69 Å². The van der Waals surface area contributed by atoms with Crippen molar-refractivity contribution in [1.82, 2.24) is 4.98 Å². The summed E-state index contributed by atoms with van der Waals surface area (Å²) in [6, 6.07) is 3.05. The van der Waals surface area contributed by atoms with Crippen molar-refractivity contribution in [2.24, 2.45) is 0 Å². The first-order valence-electron chi connectivity index (χ1n) is 5.17. The van der Waals surface area contributed by atoms with Crippen LogP contribution >= 0.6 is 11.6 Å². The average molecular weight is 244 g/mol. The summed E-state index contributed by atoms with van der Waals surface area (Å²) in [5.74, 6) is -0.845. The lowest BCUT2D eigenvalue weighted by molar-refractivity contribution is 0.0689. The maximum absolute atomic E-state index is 10.7. The van der Waals surface area contributed by atoms with Crippen LogP contribution in [0.2, 0.25) is 5.02 Å². The Labute approximate surface area is 99.2 Å². The van der Waals surface area contributed by atoms with E-state index in [9.17, 15) is 4.79 Å². The van der Waals surface area contributed by atoms with Gasteiger partial charge in [0.1, 0.15) is 0 Å². The molecule has 0 bridgehead atoms. The van der Waals surface area contributed by atoms with Gasteiger partial charge in [0.25, 0.3) is 0 Å². The summed E-state index contributed by atoms with van der Waals surface area (Å²) in [5, 5.41) is 8.92. The number of halogens is 1. The van der Waals surface area contributed by atoms with Gasteiger partial charge in [0.2, 0.25) is 5.88 Å². The van der Waals surface area contributed by atoms with Crippen molar-refractivity contribution in [2.45, 2.75) is 26.2 Å². The van der Waals surface area contributed by atoms with Gasteiger partial charge in [-0.05, 0) is 12.5 Å². The van der Waals surface area contributed by atoms with Crippen LogP contribution in [0.4, 0.5) is 0 Å². The minimum atomic E-state index is -1.15. The molecule has 88 valence electrons. The molecule has 1 aromatic heterocycles. The van der Waals surface area contributed by atoms with E-state index in [2.05, 4.69) is 11.9 Å². The molecule has 0 unspecified atom stereocenters. The monoisotopic (exact) mass is 243 g/mol. The SMILES string of the molecule is CCCCCOc1ccc(Cl)c(C(=O)O)n1. The molecule has 0 spiro atoms. The minimum absolute atomic E-state index is 0.119. The van der Waals surface area contributed by atoms with E-state index < -0.39 is 5.97 Å². The number of ether oxygens (including phenoxy) is 1. The second-order valence-corrected chi connectivity index (χ2v) is 3.75. The third kappa shape index (κ3) is 3.70. The standard InChI is InChI=1S/C11H14ClNO3/c1-2-3-4-7-16-9-6-5-8(12)10(13-9)11(14)15/h5-6H,2-4,7H2,1H3,(H,14,15). The molecule has 4 nitrogen and oxygen atoms in total. The maximum Gasteiger partial charge on any atom is 0.356 e. The molecule has 0 aliphatic rings. The number of carboxylic acid groups (broad SMARTS) is 1. The van der Waals surface area contributed by atoms with E-state index in [0.717, 1.165) is 19.3 Å². The molecular formula is C11H14ClNO3. The number of carbonyl (C=O) groups is 1. The van der Waals surface area contributed by atoms with Crippen molar-refractivity contribution >= 4 is 17.6 Å². The van der Waals surface area contributed by atoms with Gasteiger partial charge in [-0.2, -0.15) is 0 Å². The van der Waals surface area contributed by atoms with Gasteiger partial charge in [0.05, 0.1) is 11.6 Å². The number of nitrogens with zero attached hydrogens (tertiary/aromatic N) is 1. The molecule has 1 rings (SSSR count). The molecular weight excluding hydrogens is 230 g/mol. The Morgan fingerprint density at radius 1 is 1.50 bits per heavy atom. The highest BCUT2D eigenvalue weighted by Crippen LogP contribution is 2.18. The van der Waals surface area contributed by atoms with Gasteiger partial charge in [-0.15, -0.1) is 0 Å². The Balaban J connectivity index is 2.61. The molecule has 0 atom stereocenters. The fourth-order valence-electron chi connectivity index (χ4n) is 1.18. The molecule has 0 aliphatic heterocycles. The summed E-state index contributed by atoms with van der Waals surface area (Å²) in [5.41, 5.74) is -0.172. The van der Waals surface area contributed by atoms with Crippen LogP contribution < -0.4 is 4.74 Å². The fourth-order valence-corrected chi connectivity index (χ4v) is 1.37. The van der Waals surface area contributed by atoms with Crippen LogP contribution in [0.25, 0.3) is 0 Å². The van der Waals surface area contributed by atoms with E-state index >= 15 is 0 Å². The molecule has 0 aliphatic carbocycles. The quantitative estimate of drug-likeness (QED) is 0.781. The number of hydrogen-bond acceptors (Lipinski definition) is 3. The third-order valence-electron chi connectivity index (χ3n) is 2.02. The summed E-state index contributed by atoms with van der Waals surface area (Å²) < 4.78 is 5.32. The first-order chi connectivity index (χ1) is 7.65. The highest BCUT2D eigenvalue weighted by molar-refractivity contribution is 6.33. The van der Waals surface area contributed by atoms with Crippen molar-refractivity contribution in [2.75, 3.05) is 6.61 Å². The summed E-state index contributed by atoms with van der Waals surface area (Å²) in [6.07, 6.45) is 3.13. The minimum Gasteiger partial charge on any atom is -0.478 e. The van der Waals surface area contributed by atoms with Crippen molar-refractivity contribution in [1.29, 1.82) is 0 Å². The summed E-state index contributed by atoms with van der Waals surface area (Å²) in [6.45, 7) is 2.64. The number of aromatic nitrogens is 1. The number of aromatic carboxylic acids is 1. The van der Waals surface area contributed by atoms with Crippen molar-refractivity contribution in [3.63, 3.8) is 0 Å². The van der Waals surface area contributed by atoms with Crippen LogP contribution in [0.1, 0.15) is 36.7 Å². The molecule has 0 saturated carbocycles. The smallest absolute Gasteiger partial charge is 0.356 e. The first-order valence-corrected chi connectivity index (χ1v) is 5.55. The second kappa shape index (κ2) is 6.33. The normalized spacial score (nSPS) is 10.1. The Morgan fingerprint density at radius 3 is 2.88 bits per heavy atom. The van der Waals surface area contributed by atoms with Crippen molar-refractivity contribution < 1.29 is 14.6 Å². The summed E-state index contributed by atoms with van der Waals surface area (Å²) in [4.78, 5) is 14.6. The Kier molecular flexibility index (Phi) is 5.05. The van der Waals surface area contributed by atoms with E-state index in [-0.39, 0.29) is 10.7 Å². The third-order valence-corrected chi connectivity index (χ3v) is 2.33. The zero-order valence-electron chi connectivity index (χ0n) is 9.07. The summed E-state index contributed by atoms with van der Waals surface area (Å²) >= 11 is 5.68. The molecule has 1 N–H and O–H groups in total. The molecule has 1 aromatic rings. The number of carboxylic acids is 1. The molecule has 0 saturated heterocycles. The molecule has 0 fully saturated rings. The van der Waals surface area contributed by atoms with E-state index in [1.54, 1.807) is 6.07 Å². The average Bonchev–Trinajstić information content (AvgIpc) is 2.26. The maximum atomic E-state index is 10.7. The van der Waals surface area contributed by atoms with Gasteiger partial charge >= 0.3 is 5.97 Å². The number of hydrogen-bond donors (Lipinski definition) is 1.